The molecule has 1 unspecified atom stereocenters. The van der Waals surface area contributed by atoms with E-state index >= 15 is 0 Å². The zero-order valence-electron chi connectivity index (χ0n) is 8.72. The summed E-state index contributed by atoms with van der Waals surface area (Å²) in [5, 5.41) is 2.92. The van der Waals surface area contributed by atoms with Crippen LogP contribution in [-0.2, 0) is 9.53 Å². The second-order valence-corrected chi connectivity index (χ2v) is 3.95. The topological polar surface area (TPSA) is 38.3 Å². The number of carbonyl (C=O) groups is 1. The first-order valence-electron chi connectivity index (χ1n) is 4.94. The van der Waals surface area contributed by atoms with E-state index in [1.807, 2.05) is 0 Å². The monoisotopic (exact) mass is 185 g/mol. The highest BCUT2D eigenvalue weighted by atomic mass is 16.5. The van der Waals surface area contributed by atoms with Gasteiger partial charge < -0.3 is 10.1 Å². The molecule has 1 N–H and O–H groups in total. The smallest absolute Gasteiger partial charge is 0.248 e. The van der Waals surface area contributed by atoms with Crippen LogP contribution in [-0.4, -0.2) is 25.7 Å². The molecule has 0 heterocycles. The van der Waals surface area contributed by atoms with Crippen LogP contribution in [0.3, 0.4) is 0 Å². The van der Waals surface area contributed by atoms with Crippen LogP contribution in [0.4, 0.5) is 0 Å². The lowest BCUT2D eigenvalue weighted by Crippen LogP contribution is -2.37. The van der Waals surface area contributed by atoms with Crippen molar-refractivity contribution < 1.29 is 9.53 Å². The summed E-state index contributed by atoms with van der Waals surface area (Å²) in [4.78, 5) is 11.3. The Morgan fingerprint density at radius 1 is 1.62 bits per heavy atom. The van der Waals surface area contributed by atoms with Gasteiger partial charge in [-0.15, -0.1) is 0 Å². The van der Waals surface area contributed by atoms with E-state index in [1.165, 1.54) is 12.8 Å². The van der Waals surface area contributed by atoms with E-state index in [2.05, 4.69) is 12.2 Å². The van der Waals surface area contributed by atoms with E-state index in [0.29, 0.717) is 5.41 Å². The quantitative estimate of drug-likeness (QED) is 0.701. The van der Waals surface area contributed by atoms with Crippen molar-refractivity contribution in [3.8, 4) is 0 Å². The molecular formula is C10H19NO2. The van der Waals surface area contributed by atoms with Crippen molar-refractivity contribution in [1.82, 2.24) is 5.32 Å². The standard InChI is InChI=1S/C10H19NO2/c1-4-10(5-6-10)7-11-9(12)8(2)13-3/h8H,4-7H2,1-3H3,(H,11,12). The number of hydrogen-bond acceptors (Lipinski definition) is 2. The van der Waals surface area contributed by atoms with Crippen molar-refractivity contribution >= 4 is 5.91 Å². The Balaban J connectivity index is 2.22. The summed E-state index contributed by atoms with van der Waals surface area (Å²) < 4.78 is 4.92. The molecule has 3 heteroatoms. The third-order valence-corrected chi connectivity index (χ3v) is 3.07. The molecule has 76 valence electrons. The van der Waals surface area contributed by atoms with Gasteiger partial charge in [-0.2, -0.15) is 0 Å². The highest BCUT2D eigenvalue weighted by Gasteiger charge is 2.40. The van der Waals surface area contributed by atoms with Crippen LogP contribution in [0, 0.1) is 5.41 Å². The molecule has 1 rings (SSSR count). The molecule has 0 bridgehead atoms. The Labute approximate surface area is 79.8 Å². The lowest BCUT2D eigenvalue weighted by atomic mass is 10.0. The number of hydrogen-bond donors (Lipinski definition) is 1. The van der Waals surface area contributed by atoms with Gasteiger partial charge >= 0.3 is 0 Å². The first-order valence-corrected chi connectivity index (χ1v) is 4.94. The minimum Gasteiger partial charge on any atom is -0.372 e. The minimum atomic E-state index is -0.326. The van der Waals surface area contributed by atoms with Crippen molar-refractivity contribution in [1.29, 1.82) is 0 Å². The fourth-order valence-electron chi connectivity index (χ4n) is 1.36. The molecule has 0 aromatic rings. The van der Waals surface area contributed by atoms with Crippen LogP contribution in [0.2, 0.25) is 0 Å². The highest BCUT2D eigenvalue weighted by Crippen LogP contribution is 2.47. The molecule has 1 aliphatic rings. The van der Waals surface area contributed by atoms with Crippen LogP contribution >= 0.6 is 0 Å². The molecule has 0 spiro atoms. The zero-order chi connectivity index (χ0) is 9.90. The number of rotatable bonds is 5. The molecule has 0 aliphatic heterocycles. The van der Waals surface area contributed by atoms with E-state index in [0.717, 1.165) is 13.0 Å². The fourth-order valence-corrected chi connectivity index (χ4v) is 1.36. The molecule has 0 aromatic carbocycles. The highest BCUT2D eigenvalue weighted by molar-refractivity contribution is 5.80. The van der Waals surface area contributed by atoms with Gasteiger partial charge in [-0.05, 0) is 31.6 Å². The molecule has 0 aromatic heterocycles. The number of nitrogens with one attached hydrogen (secondary N) is 1. The summed E-state index contributed by atoms with van der Waals surface area (Å²) in [6.07, 6.45) is 3.35. The molecule has 13 heavy (non-hydrogen) atoms. The van der Waals surface area contributed by atoms with Crippen LogP contribution in [0.25, 0.3) is 0 Å². The third-order valence-electron chi connectivity index (χ3n) is 3.07. The van der Waals surface area contributed by atoms with Gasteiger partial charge in [-0.25, -0.2) is 0 Å². The molecule has 1 aliphatic carbocycles. The second kappa shape index (κ2) is 4.09. The SMILES string of the molecule is CCC1(CNC(=O)C(C)OC)CC1. The van der Waals surface area contributed by atoms with Crippen molar-refractivity contribution in [2.45, 2.75) is 39.2 Å². The Morgan fingerprint density at radius 2 is 2.23 bits per heavy atom. The molecule has 3 nitrogen and oxygen atoms in total. The number of amides is 1. The maximum Gasteiger partial charge on any atom is 0.248 e. The lowest BCUT2D eigenvalue weighted by molar-refractivity contribution is -0.130. The van der Waals surface area contributed by atoms with Crippen molar-refractivity contribution in [3.05, 3.63) is 0 Å². The summed E-state index contributed by atoms with van der Waals surface area (Å²) in [7, 11) is 1.55. The second-order valence-electron chi connectivity index (χ2n) is 3.95. The number of carbonyl (C=O) groups excluding carboxylic acids is 1. The van der Waals surface area contributed by atoms with Crippen LogP contribution in [0.5, 0.6) is 0 Å². The molecular weight excluding hydrogens is 166 g/mol. The van der Waals surface area contributed by atoms with E-state index < -0.39 is 0 Å². The summed E-state index contributed by atoms with van der Waals surface area (Å²) in [6, 6.07) is 0. The summed E-state index contributed by atoms with van der Waals surface area (Å²) >= 11 is 0. The van der Waals surface area contributed by atoms with Gasteiger partial charge in [0.1, 0.15) is 6.10 Å². The van der Waals surface area contributed by atoms with E-state index in [1.54, 1.807) is 14.0 Å². The first kappa shape index (κ1) is 10.5. The summed E-state index contributed by atoms with van der Waals surface area (Å²) in [5.41, 5.74) is 0.420. The van der Waals surface area contributed by atoms with Crippen molar-refractivity contribution in [3.63, 3.8) is 0 Å². The van der Waals surface area contributed by atoms with Gasteiger partial charge in [0.2, 0.25) is 5.91 Å². The average Bonchev–Trinajstić information content (AvgIpc) is 2.93. The molecule has 1 fully saturated rings. The molecule has 0 radical (unpaired) electrons. The maximum atomic E-state index is 11.3. The van der Waals surface area contributed by atoms with Crippen LogP contribution in [0.1, 0.15) is 33.1 Å². The van der Waals surface area contributed by atoms with Gasteiger partial charge in [-0.1, -0.05) is 6.92 Å². The van der Waals surface area contributed by atoms with E-state index in [9.17, 15) is 4.79 Å². The van der Waals surface area contributed by atoms with Crippen LogP contribution in [0.15, 0.2) is 0 Å². The first-order chi connectivity index (χ1) is 6.13. The van der Waals surface area contributed by atoms with Crippen molar-refractivity contribution in [2.24, 2.45) is 5.41 Å². The lowest BCUT2D eigenvalue weighted by Gasteiger charge is -2.15. The maximum absolute atomic E-state index is 11.3. The normalized spacial score (nSPS) is 20.8. The van der Waals surface area contributed by atoms with Crippen molar-refractivity contribution in [2.75, 3.05) is 13.7 Å². The Hall–Kier alpha value is -0.570. The largest absolute Gasteiger partial charge is 0.372 e. The molecule has 1 saturated carbocycles. The van der Waals surface area contributed by atoms with Gasteiger partial charge in [0, 0.05) is 13.7 Å². The number of methoxy groups -OCH3 is 1. The molecule has 0 saturated heterocycles. The van der Waals surface area contributed by atoms with Gasteiger partial charge in [0.15, 0.2) is 0 Å². The van der Waals surface area contributed by atoms with Gasteiger partial charge in [-0.3, -0.25) is 4.79 Å². The summed E-state index contributed by atoms with van der Waals surface area (Å²) in [6.45, 7) is 4.76. The van der Waals surface area contributed by atoms with Crippen LogP contribution < -0.4 is 5.32 Å². The molecule has 1 atom stereocenters. The average molecular weight is 185 g/mol. The number of ether oxygens (including phenoxy) is 1. The predicted molar refractivity (Wildman–Crippen MR) is 51.4 cm³/mol. The Kier molecular flexibility index (Phi) is 3.31. The van der Waals surface area contributed by atoms with Gasteiger partial charge in [0.05, 0.1) is 0 Å². The third kappa shape index (κ3) is 2.69. The zero-order valence-corrected chi connectivity index (χ0v) is 8.72. The Bertz CT molecular complexity index is 187. The van der Waals surface area contributed by atoms with E-state index in [-0.39, 0.29) is 12.0 Å². The Morgan fingerprint density at radius 3 is 2.62 bits per heavy atom. The van der Waals surface area contributed by atoms with E-state index in [4.69, 9.17) is 4.74 Å². The summed E-state index contributed by atoms with van der Waals surface area (Å²) in [5.74, 6) is 0.00206. The predicted octanol–water partition coefficient (Wildman–Crippen LogP) is 1.33. The van der Waals surface area contributed by atoms with Gasteiger partial charge in [0.25, 0.3) is 0 Å². The minimum absolute atomic E-state index is 0.00206. The molecule has 1 amide bonds. The fraction of sp³-hybridized carbons (Fsp3) is 0.900.